The van der Waals surface area contributed by atoms with Crippen molar-refractivity contribution >= 4 is 11.8 Å². The van der Waals surface area contributed by atoms with Crippen molar-refractivity contribution in [3.63, 3.8) is 0 Å². The highest BCUT2D eigenvalue weighted by Gasteiger charge is 2.29. The van der Waals surface area contributed by atoms with Gasteiger partial charge in [-0.15, -0.1) is 10.2 Å². The summed E-state index contributed by atoms with van der Waals surface area (Å²) in [7, 11) is 1.75. The Kier molecular flexibility index (Phi) is 4.29. The highest BCUT2D eigenvalue weighted by atomic mass is 32.2. The van der Waals surface area contributed by atoms with Crippen LogP contribution in [0.3, 0.4) is 0 Å². The Morgan fingerprint density at radius 1 is 1.44 bits per heavy atom. The molecule has 1 heterocycles. The summed E-state index contributed by atoms with van der Waals surface area (Å²) >= 11 is 1.75. The molecule has 1 fully saturated rings. The van der Waals surface area contributed by atoms with E-state index in [0.29, 0.717) is 12.6 Å². The number of nitrogens with two attached hydrogens (primary N) is 1. The zero-order chi connectivity index (χ0) is 13.2. The first-order valence-corrected chi connectivity index (χ1v) is 7.38. The van der Waals surface area contributed by atoms with Crippen molar-refractivity contribution < 1.29 is 4.74 Å². The molecule has 1 aliphatic rings. The van der Waals surface area contributed by atoms with Gasteiger partial charge in [0.1, 0.15) is 5.82 Å². The smallest absolute Gasteiger partial charge is 0.191 e. The first-order chi connectivity index (χ1) is 8.57. The molecule has 1 aromatic rings. The van der Waals surface area contributed by atoms with E-state index in [-0.39, 0.29) is 5.60 Å². The Morgan fingerprint density at radius 2 is 2.17 bits per heavy atom. The van der Waals surface area contributed by atoms with Crippen molar-refractivity contribution in [1.82, 2.24) is 14.8 Å². The standard InChI is InChI=1S/C12H22N4OS/c1-12(2,17-3)6-7-18-11-15-14-10(8-13)16(11)9-4-5-9/h9H,4-8,13H2,1-3H3. The van der Waals surface area contributed by atoms with Crippen molar-refractivity contribution in [2.24, 2.45) is 5.73 Å². The Hall–Kier alpha value is -0.590. The first kappa shape index (κ1) is 13.8. The van der Waals surface area contributed by atoms with E-state index < -0.39 is 0 Å². The van der Waals surface area contributed by atoms with Crippen LogP contribution in [-0.2, 0) is 11.3 Å². The monoisotopic (exact) mass is 270 g/mol. The van der Waals surface area contributed by atoms with E-state index in [2.05, 4.69) is 28.6 Å². The van der Waals surface area contributed by atoms with Crippen LogP contribution in [-0.4, -0.2) is 33.2 Å². The maximum Gasteiger partial charge on any atom is 0.191 e. The number of hydrogen-bond acceptors (Lipinski definition) is 5. The number of rotatable bonds is 7. The summed E-state index contributed by atoms with van der Waals surface area (Å²) in [5.74, 6) is 1.89. The number of hydrogen-bond donors (Lipinski definition) is 1. The summed E-state index contributed by atoms with van der Waals surface area (Å²) in [6.07, 6.45) is 3.44. The van der Waals surface area contributed by atoms with Gasteiger partial charge < -0.3 is 15.0 Å². The second kappa shape index (κ2) is 5.59. The normalized spacial score (nSPS) is 16.2. The van der Waals surface area contributed by atoms with E-state index in [1.165, 1.54) is 12.8 Å². The fourth-order valence-corrected chi connectivity index (χ4v) is 3.00. The molecular weight excluding hydrogens is 248 g/mol. The van der Waals surface area contributed by atoms with E-state index >= 15 is 0 Å². The topological polar surface area (TPSA) is 66.0 Å². The van der Waals surface area contributed by atoms with Crippen LogP contribution in [0.1, 0.15) is 45.0 Å². The molecule has 6 heteroatoms. The molecule has 5 nitrogen and oxygen atoms in total. The lowest BCUT2D eigenvalue weighted by Crippen LogP contribution is -2.23. The predicted molar refractivity (Wildman–Crippen MR) is 72.6 cm³/mol. The van der Waals surface area contributed by atoms with Crippen LogP contribution >= 0.6 is 11.8 Å². The second-order valence-corrected chi connectivity index (χ2v) is 6.33. The fraction of sp³-hybridized carbons (Fsp3) is 0.833. The van der Waals surface area contributed by atoms with Gasteiger partial charge in [0.15, 0.2) is 5.16 Å². The number of methoxy groups -OCH3 is 1. The molecular formula is C12H22N4OS. The summed E-state index contributed by atoms with van der Waals surface area (Å²) in [4.78, 5) is 0. The third kappa shape index (κ3) is 3.24. The molecule has 0 unspecified atom stereocenters. The fourth-order valence-electron chi connectivity index (χ4n) is 1.73. The van der Waals surface area contributed by atoms with E-state index in [9.17, 15) is 0 Å². The third-order valence-electron chi connectivity index (χ3n) is 3.32. The summed E-state index contributed by atoms with van der Waals surface area (Å²) in [5, 5.41) is 9.42. The van der Waals surface area contributed by atoms with Gasteiger partial charge in [-0.1, -0.05) is 11.8 Å². The third-order valence-corrected chi connectivity index (χ3v) is 4.26. The number of aromatic nitrogens is 3. The van der Waals surface area contributed by atoms with Gasteiger partial charge in [-0.2, -0.15) is 0 Å². The zero-order valence-electron chi connectivity index (χ0n) is 11.3. The maximum atomic E-state index is 5.70. The number of nitrogens with zero attached hydrogens (tertiary/aromatic N) is 3. The molecule has 1 aromatic heterocycles. The van der Waals surface area contributed by atoms with E-state index in [1.54, 1.807) is 18.9 Å². The first-order valence-electron chi connectivity index (χ1n) is 6.39. The van der Waals surface area contributed by atoms with Crippen LogP contribution in [0.5, 0.6) is 0 Å². The van der Waals surface area contributed by atoms with Gasteiger partial charge in [0.25, 0.3) is 0 Å². The van der Waals surface area contributed by atoms with Crippen LogP contribution in [0.4, 0.5) is 0 Å². The molecule has 0 aliphatic heterocycles. The molecule has 0 spiro atoms. The van der Waals surface area contributed by atoms with Crippen LogP contribution in [0.25, 0.3) is 0 Å². The molecule has 1 saturated carbocycles. The minimum absolute atomic E-state index is 0.0753. The predicted octanol–water partition coefficient (Wildman–Crippen LogP) is 1.98. The molecule has 18 heavy (non-hydrogen) atoms. The van der Waals surface area contributed by atoms with Crippen LogP contribution in [0.2, 0.25) is 0 Å². The second-order valence-electron chi connectivity index (χ2n) is 5.27. The van der Waals surface area contributed by atoms with Crippen molar-refractivity contribution in [1.29, 1.82) is 0 Å². The molecule has 0 saturated heterocycles. The zero-order valence-corrected chi connectivity index (χ0v) is 12.2. The van der Waals surface area contributed by atoms with Gasteiger partial charge in [0.05, 0.1) is 12.1 Å². The summed E-state index contributed by atoms with van der Waals surface area (Å²) < 4.78 is 7.63. The molecule has 0 aromatic carbocycles. The molecule has 2 rings (SSSR count). The van der Waals surface area contributed by atoms with Crippen LogP contribution < -0.4 is 5.73 Å². The Bertz CT molecular complexity index is 401. The molecule has 0 radical (unpaired) electrons. The van der Waals surface area contributed by atoms with Crippen molar-refractivity contribution in [2.75, 3.05) is 12.9 Å². The van der Waals surface area contributed by atoms with Crippen molar-refractivity contribution in [3.05, 3.63) is 5.82 Å². The Balaban J connectivity index is 1.95. The molecule has 1 aliphatic carbocycles. The lowest BCUT2D eigenvalue weighted by Gasteiger charge is -2.22. The largest absolute Gasteiger partial charge is 0.379 e. The number of ether oxygens (including phenoxy) is 1. The Labute approximate surface area is 112 Å². The minimum atomic E-state index is -0.0753. The molecule has 0 atom stereocenters. The van der Waals surface area contributed by atoms with Gasteiger partial charge >= 0.3 is 0 Å². The van der Waals surface area contributed by atoms with Crippen LogP contribution in [0.15, 0.2) is 5.16 Å². The average Bonchev–Trinajstić information content (AvgIpc) is 3.10. The van der Waals surface area contributed by atoms with Crippen molar-refractivity contribution in [3.8, 4) is 0 Å². The lowest BCUT2D eigenvalue weighted by atomic mass is 10.1. The molecule has 0 amide bonds. The van der Waals surface area contributed by atoms with Gasteiger partial charge in [0.2, 0.25) is 0 Å². The summed E-state index contributed by atoms with van der Waals surface area (Å²) in [5.41, 5.74) is 5.62. The Morgan fingerprint density at radius 3 is 2.72 bits per heavy atom. The van der Waals surface area contributed by atoms with Gasteiger partial charge in [-0.3, -0.25) is 0 Å². The highest BCUT2D eigenvalue weighted by molar-refractivity contribution is 7.99. The van der Waals surface area contributed by atoms with Gasteiger partial charge in [-0.25, -0.2) is 0 Å². The maximum absolute atomic E-state index is 5.70. The van der Waals surface area contributed by atoms with E-state index in [0.717, 1.165) is 23.2 Å². The minimum Gasteiger partial charge on any atom is -0.379 e. The summed E-state index contributed by atoms with van der Waals surface area (Å²) in [6, 6.07) is 0.580. The number of thioether (sulfide) groups is 1. The van der Waals surface area contributed by atoms with Gasteiger partial charge in [-0.05, 0) is 33.1 Å². The molecule has 102 valence electrons. The molecule has 2 N–H and O–H groups in total. The highest BCUT2D eigenvalue weighted by Crippen LogP contribution is 2.38. The van der Waals surface area contributed by atoms with E-state index in [4.69, 9.17) is 10.5 Å². The molecule has 0 bridgehead atoms. The van der Waals surface area contributed by atoms with Crippen molar-refractivity contribution in [2.45, 2.75) is 56.5 Å². The summed E-state index contributed by atoms with van der Waals surface area (Å²) in [6.45, 7) is 4.67. The SMILES string of the molecule is COC(C)(C)CCSc1nnc(CN)n1C1CC1. The van der Waals surface area contributed by atoms with E-state index in [1.807, 2.05) is 0 Å². The lowest BCUT2D eigenvalue weighted by molar-refractivity contribution is 0.0206. The van der Waals surface area contributed by atoms with Gasteiger partial charge in [0, 0.05) is 18.9 Å². The quantitative estimate of drug-likeness (QED) is 0.767. The van der Waals surface area contributed by atoms with Crippen LogP contribution in [0, 0.1) is 0 Å². The average molecular weight is 270 g/mol.